The van der Waals surface area contributed by atoms with E-state index in [0.29, 0.717) is 6.54 Å². The maximum Gasteiger partial charge on any atom is 0.104 e. The Morgan fingerprint density at radius 2 is 0.962 bits per heavy atom. The first-order chi connectivity index (χ1) is 12.8. The second kappa shape index (κ2) is 22.9. The van der Waals surface area contributed by atoms with Crippen LogP contribution in [-0.4, -0.2) is 29.6 Å². The van der Waals surface area contributed by atoms with Crippen molar-refractivity contribution in [3.8, 4) is 0 Å². The highest BCUT2D eigenvalue weighted by Crippen LogP contribution is 2.14. The molecule has 0 fully saturated rings. The predicted molar refractivity (Wildman–Crippen MR) is 114 cm³/mol. The smallest absolute Gasteiger partial charge is 0.104 e. The molecule has 0 aromatic rings. The van der Waals surface area contributed by atoms with Gasteiger partial charge in [0.15, 0.2) is 0 Å². The summed E-state index contributed by atoms with van der Waals surface area (Å²) in [6, 6.07) is 0. The van der Waals surface area contributed by atoms with E-state index < -0.39 is 6.23 Å². The van der Waals surface area contributed by atoms with Crippen LogP contribution in [0.1, 0.15) is 129 Å². The second-order valence-corrected chi connectivity index (χ2v) is 7.99. The van der Waals surface area contributed by atoms with Crippen molar-refractivity contribution in [1.29, 1.82) is 0 Å². The molecular weight excluding hydrogens is 322 g/mol. The maximum absolute atomic E-state index is 9.71. The van der Waals surface area contributed by atoms with Crippen LogP contribution in [0.25, 0.3) is 0 Å². The zero-order valence-corrected chi connectivity index (χ0v) is 17.8. The predicted octanol–water partition coefficient (Wildman–Crippen LogP) is 6.32. The van der Waals surface area contributed by atoms with Gasteiger partial charge in [0.25, 0.3) is 0 Å². The Bertz CT molecular complexity index is 248. The zero-order chi connectivity index (χ0) is 19.1. The Kier molecular flexibility index (Phi) is 22.8. The summed E-state index contributed by atoms with van der Waals surface area (Å²) < 4.78 is 0. The molecule has 0 aliphatic rings. The van der Waals surface area contributed by atoms with Gasteiger partial charge in [0.2, 0.25) is 0 Å². The molecule has 0 saturated carbocycles. The van der Waals surface area contributed by atoms with Gasteiger partial charge in [-0.3, -0.25) is 5.32 Å². The highest BCUT2D eigenvalue weighted by atomic mass is 16.3. The van der Waals surface area contributed by atoms with E-state index in [1.807, 2.05) is 0 Å². The third kappa shape index (κ3) is 21.9. The topological polar surface area (TPSA) is 52.5 Å². The molecule has 0 aromatic carbocycles. The van der Waals surface area contributed by atoms with E-state index in [1.54, 1.807) is 0 Å². The van der Waals surface area contributed by atoms with Gasteiger partial charge in [-0.25, -0.2) is 0 Å². The number of hydrogen-bond donors (Lipinski definition) is 3. The first-order valence-electron chi connectivity index (χ1n) is 11.8. The van der Waals surface area contributed by atoms with E-state index in [0.717, 1.165) is 19.3 Å². The van der Waals surface area contributed by atoms with E-state index in [1.165, 1.54) is 103 Å². The van der Waals surface area contributed by atoms with Crippen LogP contribution in [0.15, 0.2) is 0 Å². The van der Waals surface area contributed by atoms with Crippen molar-refractivity contribution in [3.05, 3.63) is 0 Å². The lowest BCUT2D eigenvalue weighted by Gasteiger charge is -2.11. The van der Waals surface area contributed by atoms with Crippen molar-refractivity contribution in [2.75, 3.05) is 13.2 Å². The summed E-state index contributed by atoms with van der Waals surface area (Å²) in [5.41, 5.74) is 0. The minimum absolute atomic E-state index is 0.193. The van der Waals surface area contributed by atoms with Crippen molar-refractivity contribution >= 4 is 0 Å². The molecule has 0 heterocycles. The van der Waals surface area contributed by atoms with Gasteiger partial charge < -0.3 is 10.2 Å². The Balaban J connectivity index is 3.05. The number of hydrogen-bond acceptors (Lipinski definition) is 3. The van der Waals surface area contributed by atoms with Crippen molar-refractivity contribution in [1.82, 2.24) is 5.32 Å². The van der Waals surface area contributed by atoms with Crippen LogP contribution in [-0.2, 0) is 0 Å². The van der Waals surface area contributed by atoms with Gasteiger partial charge in [-0.05, 0) is 25.8 Å². The fraction of sp³-hybridized carbons (Fsp3) is 1.00. The zero-order valence-electron chi connectivity index (χ0n) is 17.8. The van der Waals surface area contributed by atoms with Gasteiger partial charge in [-0.15, -0.1) is 0 Å². The van der Waals surface area contributed by atoms with Crippen LogP contribution in [0.5, 0.6) is 0 Å². The fourth-order valence-corrected chi connectivity index (χ4v) is 3.51. The summed E-state index contributed by atoms with van der Waals surface area (Å²) in [5.74, 6) is 0. The van der Waals surface area contributed by atoms with Gasteiger partial charge in [0.1, 0.15) is 6.23 Å². The summed E-state index contributed by atoms with van der Waals surface area (Å²) in [5, 5.41) is 21.4. The Morgan fingerprint density at radius 1 is 0.577 bits per heavy atom. The lowest BCUT2D eigenvalue weighted by Crippen LogP contribution is -2.29. The molecule has 0 amide bonds. The average molecular weight is 372 g/mol. The molecule has 3 nitrogen and oxygen atoms in total. The average Bonchev–Trinajstić information content (AvgIpc) is 2.64. The van der Waals surface area contributed by atoms with Crippen LogP contribution >= 0.6 is 0 Å². The highest BCUT2D eigenvalue weighted by Gasteiger charge is 2.01. The Hall–Kier alpha value is -0.120. The lowest BCUT2D eigenvalue weighted by atomic mass is 10.0. The normalized spacial score (nSPS) is 12.6. The molecule has 0 aliphatic carbocycles. The summed E-state index contributed by atoms with van der Waals surface area (Å²) in [6.45, 7) is 3.18. The van der Waals surface area contributed by atoms with Gasteiger partial charge in [0.05, 0.1) is 0 Å². The van der Waals surface area contributed by atoms with Crippen molar-refractivity contribution in [2.24, 2.45) is 0 Å². The van der Waals surface area contributed by atoms with Crippen LogP contribution in [0, 0.1) is 0 Å². The molecule has 1 unspecified atom stereocenters. The summed E-state index contributed by atoms with van der Waals surface area (Å²) >= 11 is 0. The standard InChI is InChI=1S/C23H49NO2/c1-2-3-4-5-6-7-8-9-10-11-12-13-14-15-16-17-18-20-23(26)24-21-19-22-25/h23-26H,2-22H2,1H3. The van der Waals surface area contributed by atoms with Crippen molar-refractivity contribution in [3.63, 3.8) is 0 Å². The van der Waals surface area contributed by atoms with Gasteiger partial charge >= 0.3 is 0 Å². The van der Waals surface area contributed by atoms with Crippen LogP contribution < -0.4 is 5.32 Å². The first-order valence-corrected chi connectivity index (χ1v) is 11.8. The molecule has 0 spiro atoms. The van der Waals surface area contributed by atoms with Gasteiger partial charge in [-0.2, -0.15) is 0 Å². The quantitative estimate of drug-likeness (QED) is 0.154. The van der Waals surface area contributed by atoms with E-state index in [4.69, 9.17) is 5.11 Å². The van der Waals surface area contributed by atoms with E-state index >= 15 is 0 Å². The minimum Gasteiger partial charge on any atom is -0.396 e. The van der Waals surface area contributed by atoms with Gasteiger partial charge in [0, 0.05) is 6.61 Å². The number of aliphatic hydroxyl groups is 2. The maximum atomic E-state index is 9.71. The molecule has 1 atom stereocenters. The molecular formula is C23H49NO2. The Labute approximate surface area is 164 Å². The molecule has 0 aromatic heterocycles. The van der Waals surface area contributed by atoms with Crippen LogP contribution in [0.2, 0.25) is 0 Å². The SMILES string of the molecule is CCCCCCCCCCCCCCCCCCCC(O)NCCCO. The lowest BCUT2D eigenvalue weighted by molar-refractivity contribution is 0.121. The second-order valence-electron chi connectivity index (χ2n) is 7.99. The van der Waals surface area contributed by atoms with Gasteiger partial charge in [-0.1, -0.05) is 110 Å². The summed E-state index contributed by atoms with van der Waals surface area (Å²) in [7, 11) is 0. The largest absolute Gasteiger partial charge is 0.396 e. The van der Waals surface area contributed by atoms with Crippen molar-refractivity contribution < 1.29 is 10.2 Å². The first kappa shape index (κ1) is 25.9. The summed E-state index contributed by atoms with van der Waals surface area (Å²) in [6.07, 6.45) is 24.7. The molecule has 0 radical (unpaired) electrons. The molecule has 26 heavy (non-hydrogen) atoms. The molecule has 0 rings (SSSR count). The molecule has 3 heteroatoms. The molecule has 3 N–H and O–H groups in total. The molecule has 0 saturated heterocycles. The number of nitrogens with one attached hydrogen (secondary N) is 1. The third-order valence-electron chi connectivity index (χ3n) is 5.30. The molecule has 0 bridgehead atoms. The van der Waals surface area contributed by atoms with Crippen LogP contribution in [0.4, 0.5) is 0 Å². The molecule has 0 aliphatic heterocycles. The number of rotatable bonds is 22. The fourth-order valence-electron chi connectivity index (χ4n) is 3.51. The van der Waals surface area contributed by atoms with E-state index in [9.17, 15) is 5.11 Å². The number of unbranched alkanes of at least 4 members (excludes halogenated alkanes) is 16. The molecule has 158 valence electrons. The van der Waals surface area contributed by atoms with Crippen molar-refractivity contribution in [2.45, 2.75) is 135 Å². The minimum atomic E-state index is -0.391. The third-order valence-corrected chi connectivity index (χ3v) is 5.30. The van der Waals surface area contributed by atoms with Crippen LogP contribution in [0.3, 0.4) is 0 Å². The van der Waals surface area contributed by atoms with E-state index in [2.05, 4.69) is 12.2 Å². The monoisotopic (exact) mass is 371 g/mol. The van der Waals surface area contributed by atoms with E-state index in [-0.39, 0.29) is 6.61 Å². The Morgan fingerprint density at radius 3 is 1.35 bits per heavy atom. The summed E-state index contributed by atoms with van der Waals surface area (Å²) in [4.78, 5) is 0. The number of aliphatic hydroxyl groups excluding tert-OH is 2. The highest BCUT2D eigenvalue weighted by molar-refractivity contribution is 4.55.